The minimum absolute atomic E-state index is 0.0138. The van der Waals surface area contributed by atoms with Crippen LogP contribution in [0.15, 0.2) is 29.1 Å². The smallest absolute Gasteiger partial charge is 0.259 e. The SMILES string of the molecule is O=C(CCc1nc2sc3c(c2c(=O)[nH]1)CCCC3)N[C@@H]1CCCc2ccccc21. The van der Waals surface area contributed by atoms with E-state index in [1.54, 1.807) is 11.3 Å². The number of hydrogen-bond donors (Lipinski definition) is 2. The molecule has 5 rings (SSSR count). The highest BCUT2D eigenvalue weighted by Gasteiger charge is 2.22. The van der Waals surface area contributed by atoms with E-state index in [9.17, 15) is 9.59 Å². The minimum atomic E-state index is -0.0500. The molecule has 29 heavy (non-hydrogen) atoms. The van der Waals surface area contributed by atoms with Crippen LogP contribution in [0.1, 0.15) is 65.5 Å². The number of amides is 1. The van der Waals surface area contributed by atoms with Crippen molar-refractivity contribution in [1.29, 1.82) is 0 Å². The van der Waals surface area contributed by atoms with Crippen LogP contribution in [0.3, 0.4) is 0 Å². The molecule has 0 aliphatic heterocycles. The third kappa shape index (κ3) is 3.62. The van der Waals surface area contributed by atoms with Crippen LogP contribution in [0.2, 0.25) is 0 Å². The zero-order valence-corrected chi connectivity index (χ0v) is 17.2. The molecule has 0 spiro atoms. The van der Waals surface area contributed by atoms with Crippen molar-refractivity contribution in [3.63, 3.8) is 0 Å². The number of carbonyl (C=O) groups excluding carboxylic acids is 1. The molecule has 3 aromatic rings. The van der Waals surface area contributed by atoms with Crippen molar-refractivity contribution in [3.05, 3.63) is 62.0 Å². The number of aromatic nitrogens is 2. The van der Waals surface area contributed by atoms with Gasteiger partial charge in [0, 0.05) is 17.7 Å². The molecule has 1 atom stereocenters. The van der Waals surface area contributed by atoms with Crippen LogP contribution in [0, 0.1) is 0 Å². The first kappa shape index (κ1) is 18.6. The van der Waals surface area contributed by atoms with Crippen molar-refractivity contribution in [2.45, 2.75) is 63.8 Å². The van der Waals surface area contributed by atoms with Crippen molar-refractivity contribution in [1.82, 2.24) is 15.3 Å². The van der Waals surface area contributed by atoms with E-state index in [0.717, 1.165) is 48.7 Å². The molecule has 150 valence electrons. The number of hydrogen-bond acceptors (Lipinski definition) is 4. The standard InChI is InChI=1S/C23H25N3O2S/c27-20(24-17-10-5-7-14-6-1-2-8-15(14)17)13-12-19-25-22(28)21-16-9-3-4-11-18(16)29-23(21)26-19/h1-2,6,8,17H,3-5,7,9-13H2,(H,24,27)(H,25,26,28)/t17-/m1/s1. The number of thiophene rings is 1. The molecule has 0 unspecified atom stereocenters. The van der Waals surface area contributed by atoms with Crippen LogP contribution < -0.4 is 10.9 Å². The third-order valence-electron chi connectivity index (χ3n) is 6.17. The number of rotatable bonds is 4. The molecule has 2 N–H and O–H groups in total. The second-order valence-electron chi connectivity index (χ2n) is 8.11. The number of H-pyrrole nitrogens is 1. The molecule has 0 bridgehead atoms. The highest BCUT2D eigenvalue weighted by Crippen LogP contribution is 2.33. The van der Waals surface area contributed by atoms with Gasteiger partial charge in [-0.2, -0.15) is 0 Å². The van der Waals surface area contributed by atoms with Crippen LogP contribution in [-0.2, 0) is 30.5 Å². The van der Waals surface area contributed by atoms with E-state index in [-0.39, 0.29) is 17.5 Å². The second kappa shape index (κ2) is 7.75. The Kier molecular flexibility index (Phi) is 4.96. The summed E-state index contributed by atoms with van der Waals surface area (Å²) < 4.78 is 0. The van der Waals surface area contributed by atoms with E-state index in [1.165, 1.54) is 28.0 Å². The Balaban J connectivity index is 1.29. The van der Waals surface area contributed by atoms with Gasteiger partial charge in [-0.15, -0.1) is 11.3 Å². The maximum atomic E-state index is 12.6. The molecule has 2 aromatic heterocycles. The minimum Gasteiger partial charge on any atom is -0.349 e. The lowest BCUT2D eigenvalue weighted by atomic mass is 9.87. The highest BCUT2D eigenvalue weighted by molar-refractivity contribution is 7.18. The van der Waals surface area contributed by atoms with Gasteiger partial charge in [0.2, 0.25) is 5.91 Å². The van der Waals surface area contributed by atoms with Crippen molar-refractivity contribution in [2.75, 3.05) is 0 Å². The first-order valence-corrected chi connectivity index (χ1v) is 11.4. The van der Waals surface area contributed by atoms with Crippen LogP contribution in [-0.4, -0.2) is 15.9 Å². The zero-order chi connectivity index (χ0) is 19.8. The molecule has 0 fully saturated rings. The molecule has 0 radical (unpaired) electrons. The normalized spacial score (nSPS) is 18.3. The van der Waals surface area contributed by atoms with Gasteiger partial charge >= 0.3 is 0 Å². The maximum absolute atomic E-state index is 12.6. The molecular weight excluding hydrogens is 382 g/mol. The number of fused-ring (bicyclic) bond motifs is 4. The first-order valence-electron chi connectivity index (χ1n) is 10.6. The van der Waals surface area contributed by atoms with E-state index in [2.05, 4.69) is 33.5 Å². The summed E-state index contributed by atoms with van der Waals surface area (Å²) in [6, 6.07) is 8.45. The fourth-order valence-corrected chi connectivity index (χ4v) is 6.01. The van der Waals surface area contributed by atoms with Gasteiger partial charge in [0.1, 0.15) is 10.7 Å². The van der Waals surface area contributed by atoms with Crippen LogP contribution in [0.4, 0.5) is 0 Å². The first-order chi connectivity index (χ1) is 14.2. The Morgan fingerprint density at radius 3 is 2.97 bits per heavy atom. The summed E-state index contributed by atoms with van der Waals surface area (Å²) >= 11 is 1.65. The number of benzene rings is 1. The molecule has 6 heteroatoms. The average molecular weight is 408 g/mol. The predicted octanol–water partition coefficient (Wildman–Crippen LogP) is 3.99. The molecule has 0 saturated carbocycles. The predicted molar refractivity (Wildman–Crippen MR) is 115 cm³/mol. The lowest BCUT2D eigenvalue weighted by molar-refractivity contribution is -0.121. The van der Waals surface area contributed by atoms with E-state index in [1.807, 2.05) is 6.07 Å². The summed E-state index contributed by atoms with van der Waals surface area (Å²) in [5.74, 6) is 0.625. The summed E-state index contributed by atoms with van der Waals surface area (Å²) in [6.45, 7) is 0. The monoisotopic (exact) mass is 407 g/mol. The lowest BCUT2D eigenvalue weighted by Crippen LogP contribution is -2.31. The van der Waals surface area contributed by atoms with Gasteiger partial charge < -0.3 is 10.3 Å². The quantitative estimate of drug-likeness (QED) is 0.687. The molecule has 1 amide bonds. The van der Waals surface area contributed by atoms with Gasteiger partial charge in [-0.1, -0.05) is 24.3 Å². The Hall–Kier alpha value is -2.47. The summed E-state index contributed by atoms with van der Waals surface area (Å²) in [5.41, 5.74) is 3.72. The number of aryl methyl sites for hydroxylation is 4. The molecule has 1 aromatic carbocycles. The van der Waals surface area contributed by atoms with Gasteiger partial charge in [0.05, 0.1) is 11.4 Å². The fourth-order valence-electron chi connectivity index (χ4n) is 4.73. The Bertz CT molecular complexity index is 1130. The topological polar surface area (TPSA) is 74.8 Å². The van der Waals surface area contributed by atoms with Gasteiger partial charge in [0.15, 0.2) is 0 Å². The van der Waals surface area contributed by atoms with Gasteiger partial charge in [0.25, 0.3) is 5.56 Å². The van der Waals surface area contributed by atoms with E-state index in [0.29, 0.717) is 18.7 Å². The molecule has 2 heterocycles. The average Bonchev–Trinajstić information content (AvgIpc) is 3.11. The van der Waals surface area contributed by atoms with Crippen LogP contribution in [0.25, 0.3) is 10.2 Å². The van der Waals surface area contributed by atoms with Gasteiger partial charge in [-0.25, -0.2) is 4.98 Å². The van der Waals surface area contributed by atoms with Crippen LogP contribution in [0.5, 0.6) is 0 Å². The third-order valence-corrected chi connectivity index (χ3v) is 7.35. The molecule has 5 nitrogen and oxygen atoms in total. The van der Waals surface area contributed by atoms with Crippen molar-refractivity contribution in [3.8, 4) is 0 Å². The van der Waals surface area contributed by atoms with Crippen molar-refractivity contribution in [2.24, 2.45) is 0 Å². The Morgan fingerprint density at radius 2 is 2.03 bits per heavy atom. The number of nitrogens with one attached hydrogen (secondary N) is 2. The highest BCUT2D eigenvalue weighted by atomic mass is 32.1. The van der Waals surface area contributed by atoms with E-state index < -0.39 is 0 Å². The Morgan fingerprint density at radius 1 is 1.17 bits per heavy atom. The molecule has 2 aliphatic rings. The maximum Gasteiger partial charge on any atom is 0.259 e. The lowest BCUT2D eigenvalue weighted by Gasteiger charge is -2.26. The van der Waals surface area contributed by atoms with Gasteiger partial charge in [-0.3, -0.25) is 9.59 Å². The largest absolute Gasteiger partial charge is 0.349 e. The van der Waals surface area contributed by atoms with E-state index in [4.69, 9.17) is 0 Å². The second-order valence-corrected chi connectivity index (χ2v) is 9.20. The van der Waals surface area contributed by atoms with Crippen molar-refractivity contribution >= 4 is 27.5 Å². The summed E-state index contributed by atoms with van der Waals surface area (Å²) in [6.07, 6.45) is 8.30. The zero-order valence-electron chi connectivity index (χ0n) is 16.4. The fraction of sp³-hybridized carbons (Fsp3) is 0.435. The van der Waals surface area contributed by atoms with Crippen molar-refractivity contribution < 1.29 is 4.79 Å². The van der Waals surface area contributed by atoms with Gasteiger partial charge in [-0.05, 0) is 61.6 Å². The molecule has 2 aliphatic carbocycles. The molecule has 0 saturated heterocycles. The number of carbonyl (C=O) groups is 1. The Labute approximate surface area is 173 Å². The molecular formula is C23H25N3O2S. The summed E-state index contributed by atoms with van der Waals surface area (Å²) in [7, 11) is 0. The number of nitrogens with zero attached hydrogens (tertiary/aromatic N) is 1. The van der Waals surface area contributed by atoms with Crippen LogP contribution >= 0.6 is 11.3 Å². The summed E-state index contributed by atoms with van der Waals surface area (Å²) in [4.78, 5) is 35.0. The summed E-state index contributed by atoms with van der Waals surface area (Å²) in [5, 5.41) is 3.96. The van der Waals surface area contributed by atoms with E-state index >= 15 is 0 Å². The number of aromatic amines is 1.